The molecule has 5 rings (SSSR count). The number of carboxylic acids is 1. The predicted octanol–water partition coefficient (Wildman–Crippen LogP) is 7.58. The summed E-state index contributed by atoms with van der Waals surface area (Å²) < 4.78 is 22.0. The number of carbonyl (C=O) groups is 2. The van der Waals surface area contributed by atoms with Gasteiger partial charge in [0.1, 0.15) is 11.9 Å². The number of carbonyl (C=O) groups excluding carboxylic acids is 1. The van der Waals surface area contributed by atoms with Crippen LogP contribution in [0.2, 0.25) is 5.02 Å². The molecule has 0 aliphatic heterocycles. The van der Waals surface area contributed by atoms with Crippen LogP contribution in [0.3, 0.4) is 0 Å². The molecular formula is C30H26ClFN2O4. The second-order valence-corrected chi connectivity index (χ2v) is 9.95. The van der Waals surface area contributed by atoms with Crippen LogP contribution in [-0.2, 0) is 22.0 Å². The fourth-order valence-corrected chi connectivity index (χ4v) is 5.02. The lowest BCUT2D eigenvalue weighted by molar-refractivity contribution is -0.140. The van der Waals surface area contributed by atoms with Gasteiger partial charge in [0.25, 0.3) is 0 Å². The molecule has 4 aromatic rings. The van der Waals surface area contributed by atoms with Gasteiger partial charge in [-0.2, -0.15) is 0 Å². The molecule has 8 heteroatoms. The highest BCUT2D eigenvalue weighted by Gasteiger charge is 2.51. The molecule has 0 radical (unpaired) electrons. The molecule has 3 aromatic carbocycles. The van der Waals surface area contributed by atoms with Gasteiger partial charge in [-0.15, -0.1) is 0 Å². The molecule has 0 bridgehead atoms. The number of aryl methyl sites for hydroxylation is 1. The number of hydrogen-bond acceptors (Lipinski definition) is 3. The number of aromatic nitrogens is 1. The molecule has 0 saturated heterocycles. The maximum Gasteiger partial charge on any atom is 0.413 e. The van der Waals surface area contributed by atoms with Crippen molar-refractivity contribution in [3.8, 4) is 22.3 Å². The summed E-state index contributed by atoms with van der Waals surface area (Å²) in [5, 5.41) is 12.7. The Bertz CT molecular complexity index is 1510. The summed E-state index contributed by atoms with van der Waals surface area (Å²) in [6.45, 7) is 1.71. The highest BCUT2D eigenvalue weighted by molar-refractivity contribution is 6.31. The van der Waals surface area contributed by atoms with Gasteiger partial charge in [-0.25, -0.2) is 9.18 Å². The molecule has 1 aliphatic rings. The summed E-state index contributed by atoms with van der Waals surface area (Å²) in [6.07, 6.45) is 1.27. The zero-order chi connectivity index (χ0) is 27.0. The van der Waals surface area contributed by atoms with Gasteiger partial charge < -0.3 is 14.4 Å². The van der Waals surface area contributed by atoms with Gasteiger partial charge in [0.05, 0.1) is 11.0 Å². The first-order valence-electron chi connectivity index (χ1n) is 12.2. The van der Waals surface area contributed by atoms with E-state index in [1.165, 1.54) is 10.8 Å². The van der Waals surface area contributed by atoms with Gasteiger partial charge in [0.2, 0.25) is 0 Å². The number of carboxylic acid groups (broad SMARTS) is 1. The van der Waals surface area contributed by atoms with E-state index in [2.05, 4.69) is 5.32 Å². The summed E-state index contributed by atoms with van der Waals surface area (Å²) >= 11 is 6.21. The Labute approximate surface area is 224 Å². The lowest BCUT2D eigenvalue weighted by Gasteiger charge is -2.16. The van der Waals surface area contributed by atoms with E-state index >= 15 is 0 Å². The van der Waals surface area contributed by atoms with Crippen LogP contribution in [0.1, 0.15) is 37.0 Å². The third-order valence-electron chi connectivity index (χ3n) is 7.09. The lowest BCUT2D eigenvalue weighted by Crippen LogP contribution is -2.19. The number of nitrogens with zero attached hydrogens (tertiary/aromatic N) is 1. The summed E-state index contributed by atoms with van der Waals surface area (Å²) in [5.41, 5.74) is 3.38. The van der Waals surface area contributed by atoms with Gasteiger partial charge in [-0.3, -0.25) is 10.1 Å². The Hall–Kier alpha value is -4.10. The van der Waals surface area contributed by atoms with E-state index < -0.39 is 29.4 Å². The van der Waals surface area contributed by atoms with E-state index in [1.807, 2.05) is 36.4 Å². The van der Waals surface area contributed by atoms with Crippen molar-refractivity contribution in [2.75, 3.05) is 5.32 Å². The van der Waals surface area contributed by atoms with Crippen molar-refractivity contribution in [1.82, 2.24) is 4.57 Å². The number of hydrogen-bond donors (Lipinski definition) is 2. The average Bonchev–Trinajstić information content (AvgIpc) is 3.66. The molecule has 1 saturated carbocycles. The van der Waals surface area contributed by atoms with Crippen LogP contribution in [-0.4, -0.2) is 21.7 Å². The van der Waals surface area contributed by atoms with Crippen LogP contribution in [0.15, 0.2) is 79.0 Å². The van der Waals surface area contributed by atoms with E-state index in [-0.39, 0.29) is 11.4 Å². The van der Waals surface area contributed by atoms with Crippen LogP contribution in [0.4, 0.5) is 15.0 Å². The highest BCUT2D eigenvalue weighted by atomic mass is 35.5. The molecule has 1 fully saturated rings. The minimum Gasteiger partial charge on any atom is -0.481 e. The maximum atomic E-state index is 15.0. The molecule has 1 amide bonds. The molecule has 0 unspecified atom stereocenters. The Kier molecular flexibility index (Phi) is 6.71. The second kappa shape index (κ2) is 9.99. The normalized spacial score (nSPS) is 14.5. The Morgan fingerprint density at radius 2 is 1.58 bits per heavy atom. The van der Waals surface area contributed by atoms with Crippen molar-refractivity contribution < 1.29 is 23.8 Å². The minimum absolute atomic E-state index is 0.244. The Morgan fingerprint density at radius 3 is 2.16 bits per heavy atom. The largest absolute Gasteiger partial charge is 0.481 e. The van der Waals surface area contributed by atoms with Gasteiger partial charge in [-0.1, -0.05) is 78.3 Å². The summed E-state index contributed by atoms with van der Waals surface area (Å²) in [5.74, 6) is -1.01. The number of anilines is 1. The number of benzene rings is 3. The maximum absolute atomic E-state index is 15.0. The van der Waals surface area contributed by atoms with Crippen molar-refractivity contribution in [1.29, 1.82) is 0 Å². The van der Waals surface area contributed by atoms with Gasteiger partial charge in [0.15, 0.2) is 5.82 Å². The van der Waals surface area contributed by atoms with E-state index in [0.717, 1.165) is 16.7 Å². The number of halogens is 2. The molecule has 1 heterocycles. The average molecular weight is 533 g/mol. The van der Waals surface area contributed by atoms with E-state index in [1.54, 1.807) is 50.4 Å². The van der Waals surface area contributed by atoms with Gasteiger partial charge in [0, 0.05) is 23.8 Å². The number of amides is 1. The summed E-state index contributed by atoms with van der Waals surface area (Å²) in [6, 6.07) is 21.9. The Morgan fingerprint density at radius 1 is 1.00 bits per heavy atom. The fraction of sp³-hybridized carbons (Fsp3) is 0.200. The van der Waals surface area contributed by atoms with Gasteiger partial charge >= 0.3 is 12.1 Å². The number of aliphatic carboxylic acids is 1. The van der Waals surface area contributed by atoms with Crippen molar-refractivity contribution in [3.63, 3.8) is 0 Å². The van der Waals surface area contributed by atoms with Crippen LogP contribution < -0.4 is 5.32 Å². The SMILES string of the molecule is C[C@@H](OC(=O)Nc1c(-c2ccc(-c3ccc(C4(C(=O)O)CC4)cc3)cc2)c(F)cn1C)c1ccccc1Cl. The summed E-state index contributed by atoms with van der Waals surface area (Å²) in [4.78, 5) is 24.3. The van der Waals surface area contributed by atoms with Crippen LogP contribution >= 0.6 is 11.6 Å². The lowest BCUT2D eigenvalue weighted by atomic mass is 9.93. The smallest absolute Gasteiger partial charge is 0.413 e. The predicted molar refractivity (Wildman–Crippen MR) is 145 cm³/mol. The Balaban J connectivity index is 1.34. The number of rotatable bonds is 7. The molecule has 1 aliphatic carbocycles. The van der Waals surface area contributed by atoms with E-state index in [4.69, 9.17) is 16.3 Å². The van der Waals surface area contributed by atoms with Crippen molar-refractivity contribution in [3.05, 3.63) is 101 Å². The fourth-order valence-electron chi connectivity index (χ4n) is 4.73. The summed E-state index contributed by atoms with van der Waals surface area (Å²) in [7, 11) is 1.64. The molecule has 2 N–H and O–H groups in total. The van der Waals surface area contributed by atoms with Crippen molar-refractivity contribution in [2.24, 2.45) is 7.05 Å². The quantitative estimate of drug-likeness (QED) is 0.257. The third kappa shape index (κ3) is 4.77. The van der Waals surface area contributed by atoms with E-state index in [0.29, 0.717) is 29.0 Å². The number of nitrogens with one attached hydrogen (secondary N) is 1. The highest BCUT2D eigenvalue weighted by Crippen LogP contribution is 2.48. The minimum atomic E-state index is -0.786. The third-order valence-corrected chi connectivity index (χ3v) is 7.43. The first-order valence-corrected chi connectivity index (χ1v) is 12.6. The standard InChI is InChI=1S/C30H26ClFN2O4/c1-18(23-5-3-4-6-24(23)31)38-29(37)33-27-26(25(32)17-34(27)2)21-9-7-19(8-10-21)20-11-13-22(14-12-20)30(15-16-30)28(35)36/h3-14,17-18H,15-16H2,1-2H3,(H,33,37)(H,35,36)/t18-/m1/s1. The molecule has 1 atom stereocenters. The zero-order valence-electron chi connectivity index (χ0n) is 20.9. The second-order valence-electron chi connectivity index (χ2n) is 9.55. The molecule has 194 valence electrons. The first-order chi connectivity index (χ1) is 18.2. The van der Waals surface area contributed by atoms with Crippen molar-refractivity contribution >= 4 is 29.5 Å². The molecule has 6 nitrogen and oxygen atoms in total. The monoisotopic (exact) mass is 532 g/mol. The first kappa shape index (κ1) is 25.5. The van der Waals surface area contributed by atoms with Crippen LogP contribution in [0.25, 0.3) is 22.3 Å². The topological polar surface area (TPSA) is 80.6 Å². The zero-order valence-corrected chi connectivity index (χ0v) is 21.6. The molecular weight excluding hydrogens is 507 g/mol. The van der Waals surface area contributed by atoms with E-state index in [9.17, 15) is 19.1 Å². The van der Waals surface area contributed by atoms with Crippen LogP contribution in [0.5, 0.6) is 0 Å². The molecule has 38 heavy (non-hydrogen) atoms. The molecule has 1 aromatic heterocycles. The van der Waals surface area contributed by atoms with Gasteiger partial charge in [-0.05, 0) is 48.1 Å². The van der Waals surface area contributed by atoms with Crippen molar-refractivity contribution in [2.45, 2.75) is 31.3 Å². The number of ether oxygens (including phenoxy) is 1. The molecule has 0 spiro atoms. The van der Waals surface area contributed by atoms with Crippen LogP contribution in [0, 0.1) is 5.82 Å².